The van der Waals surface area contributed by atoms with Gasteiger partial charge in [0.05, 0.1) is 5.41 Å². The fourth-order valence-corrected chi connectivity index (χ4v) is 1.77. The Morgan fingerprint density at radius 3 is 2.53 bits per heavy atom. The van der Waals surface area contributed by atoms with Crippen LogP contribution in [0.4, 0.5) is 0 Å². The first-order chi connectivity index (χ1) is 8.57. The highest BCUT2D eigenvalue weighted by molar-refractivity contribution is 6.68. The first-order valence-electron chi connectivity index (χ1n) is 5.49. The van der Waals surface area contributed by atoms with Crippen molar-refractivity contribution in [3.05, 3.63) is 23.8 Å². The van der Waals surface area contributed by atoms with Crippen molar-refractivity contribution in [3.63, 3.8) is 0 Å². The number of carboxylic acids is 1. The molecule has 1 aliphatic rings. The molecule has 0 aliphatic heterocycles. The van der Waals surface area contributed by atoms with E-state index in [9.17, 15) is 4.79 Å². The Labute approximate surface area is 126 Å². The molecule has 1 N–H and O–H groups in total. The predicted octanol–water partition coefficient (Wildman–Crippen LogP) is 3.72. The van der Waals surface area contributed by atoms with E-state index in [1.165, 1.54) is 6.92 Å². The Morgan fingerprint density at radius 2 is 2.11 bits per heavy atom. The highest BCUT2D eigenvalue weighted by Crippen LogP contribution is 2.48. The molecule has 0 fully saturated rings. The number of allylic oxidation sites excluding steroid dienone is 4. The fraction of sp³-hybridized carbons (Fsp3) is 0.500. The molecule has 0 aromatic heterocycles. The molecule has 0 amide bonds. The van der Waals surface area contributed by atoms with Gasteiger partial charge in [-0.05, 0) is 32.4 Å². The molecular formula is C12H14Cl3NO3. The Hall–Kier alpha value is -0.710. The molecule has 7 heteroatoms. The zero-order valence-corrected chi connectivity index (χ0v) is 12.9. The number of nitrogens with zero attached hydrogens (tertiary/aromatic N) is 1. The summed E-state index contributed by atoms with van der Waals surface area (Å²) in [6.45, 7) is 4.95. The lowest BCUT2D eigenvalue weighted by Gasteiger charge is -2.33. The van der Waals surface area contributed by atoms with Crippen molar-refractivity contribution < 1.29 is 14.7 Å². The number of alkyl halides is 3. The molecule has 2 atom stereocenters. The summed E-state index contributed by atoms with van der Waals surface area (Å²) in [5.41, 5.74) is 0.493. The Bertz CT molecular complexity index is 465. The van der Waals surface area contributed by atoms with E-state index in [1.807, 2.05) is 0 Å². The van der Waals surface area contributed by atoms with Gasteiger partial charge in [0.2, 0.25) is 9.90 Å². The lowest BCUT2D eigenvalue weighted by atomic mass is 9.84. The smallest absolute Gasteiger partial charge is 0.347 e. The van der Waals surface area contributed by atoms with Crippen LogP contribution >= 0.6 is 34.8 Å². The van der Waals surface area contributed by atoms with Crippen LogP contribution in [0.2, 0.25) is 0 Å². The van der Waals surface area contributed by atoms with E-state index >= 15 is 0 Å². The van der Waals surface area contributed by atoms with Gasteiger partial charge >= 0.3 is 5.97 Å². The van der Waals surface area contributed by atoms with Crippen molar-refractivity contribution in [2.75, 3.05) is 0 Å². The second-order valence-corrected chi connectivity index (χ2v) is 6.78. The van der Waals surface area contributed by atoms with Crippen LogP contribution in [0.1, 0.15) is 20.8 Å². The molecule has 2 unspecified atom stereocenters. The number of aliphatic carboxylic acids is 1. The third kappa shape index (κ3) is 3.88. The van der Waals surface area contributed by atoms with Crippen LogP contribution in [0.15, 0.2) is 29.0 Å². The Morgan fingerprint density at radius 1 is 1.53 bits per heavy atom. The largest absolute Gasteiger partial charge is 0.478 e. The molecule has 0 bridgehead atoms. The molecule has 106 valence electrons. The minimum atomic E-state index is -1.48. The van der Waals surface area contributed by atoms with E-state index in [4.69, 9.17) is 44.7 Å². The molecule has 0 saturated heterocycles. The summed E-state index contributed by atoms with van der Waals surface area (Å²) in [4.78, 5) is 15.5. The van der Waals surface area contributed by atoms with Crippen LogP contribution in [0.25, 0.3) is 0 Å². The van der Waals surface area contributed by atoms with E-state index < -0.39 is 21.3 Å². The normalized spacial score (nSPS) is 27.1. The maximum absolute atomic E-state index is 10.6. The van der Waals surface area contributed by atoms with Crippen molar-refractivity contribution in [2.24, 2.45) is 10.6 Å². The molecular weight excluding hydrogens is 312 g/mol. The predicted molar refractivity (Wildman–Crippen MR) is 76.9 cm³/mol. The van der Waals surface area contributed by atoms with Gasteiger partial charge in [0.25, 0.3) is 0 Å². The van der Waals surface area contributed by atoms with Crippen molar-refractivity contribution >= 4 is 46.5 Å². The number of hydrogen-bond acceptors (Lipinski definition) is 3. The van der Waals surface area contributed by atoms with Gasteiger partial charge in [-0.3, -0.25) is 0 Å². The zero-order chi connectivity index (χ0) is 14.8. The van der Waals surface area contributed by atoms with E-state index in [0.29, 0.717) is 5.71 Å². The van der Waals surface area contributed by atoms with Crippen molar-refractivity contribution in [2.45, 2.75) is 30.7 Å². The quantitative estimate of drug-likeness (QED) is 0.635. The standard InChI is InChI=1S/C12H14Cl3NO3/c1-7-6-11(3,12(13,14)15)5-4-9(7)16-19-8(2)10(17)18/h4-6,8H,1-3H3,(H,17,18). The summed E-state index contributed by atoms with van der Waals surface area (Å²) in [5.74, 6) is -1.09. The van der Waals surface area contributed by atoms with Gasteiger partial charge in [-0.2, -0.15) is 0 Å². The summed E-state index contributed by atoms with van der Waals surface area (Å²) in [7, 11) is 0. The van der Waals surface area contributed by atoms with Crippen LogP contribution in [0, 0.1) is 5.41 Å². The summed E-state index contributed by atoms with van der Waals surface area (Å²) in [6.07, 6.45) is 4.08. The maximum Gasteiger partial charge on any atom is 0.347 e. The average molecular weight is 327 g/mol. The van der Waals surface area contributed by atoms with Gasteiger partial charge < -0.3 is 9.94 Å². The summed E-state index contributed by atoms with van der Waals surface area (Å²) >= 11 is 17.8. The van der Waals surface area contributed by atoms with Gasteiger partial charge in [0.15, 0.2) is 0 Å². The fourth-order valence-electron chi connectivity index (χ4n) is 1.41. The van der Waals surface area contributed by atoms with Crippen LogP contribution in [0.5, 0.6) is 0 Å². The maximum atomic E-state index is 10.6. The summed E-state index contributed by atoms with van der Waals surface area (Å²) in [6, 6.07) is 0. The molecule has 0 heterocycles. The molecule has 0 spiro atoms. The number of rotatable bonds is 3. The monoisotopic (exact) mass is 325 g/mol. The van der Waals surface area contributed by atoms with Crippen LogP contribution < -0.4 is 0 Å². The minimum Gasteiger partial charge on any atom is -0.478 e. The topological polar surface area (TPSA) is 58.9 Å². The molecule has 1 aliphatic carbocycles. The van der Waals surface area contributed by atoms with Crippen molar-refractivity contribution in [1.29, 1.82) is 0 Å². The van der Waals surface area contributed by atoms with Gasteiger partial charge in [0.1, 0.15) is 5.71 Å². The van der Waals surface area contributed by atoms with E-state index in [2.05, 4.69) is 5.16 Å². The molecule has 0 saturated carbocycles. The molecule has 4 nitrogen and oxygen atoms in total. The molecule has 0 aromatic carbocycles. The summed E-state index contributed by atoms with van der Waals surface area (Å²) in [5, 5.41) is 12.5. The zero-order valence-electron chi connectivity index (χ0n) is 10.7. The average Bonchev–Trinajstić information content (AvgIpc) is 2.25. The number of carboxylic acid groups (broad SMARTS) is 1. The Balaban J connectivity index is 2.90. The number of hydrogen-bond donors (Lipinski definition) is 1. The lowest BCUT2D eigenvalue weighted by Crippen LogP contribution is -2.31. The second-order valence-electron chi connectivity index (χ2n) is 4.50. The number of halogens is 3. The van der Waals surface area contributed by atoms with Crippen LogP contribution in [-0.2, 0) is 9.63 Å². The van der Waals surface area contributed by atoms with E-state index in [0.717, 1.165) is 5.57 Å². The minimum absolute atomic E-state index is 0.500. The SMILES string of the molecule is CC1=CC(C)(C(Cl)(Cl)Cl)C=CC1=NOC(C)C(=O)O. The third-order valence-corrected chi connectivity index (χ3v) is 4.00. The van der Waals surface area contributed by atoms with Crippen LogP contribution in [0.3, 0.4) is 0 Å². The third-order valence-electron chi connectivity index (χ3n) is 2.78. The molecule has 0 radical (unpaired) electrons. The number of oxime groups is 1. The highest BCUT2D eigenvalue weighted by Gasteiger charge is 2.42. The lowest BCUT2D eigenvalue weighted by molar-refractivity contribution is -0.149. The van der Waals surface area contributed by atoms with Crippen molar-refractivity contribution in [3.8, 4) is 0 Å². The first-order valence-corrected chi connectivity index (χ1v) is 6.62. The van der Waals surface area contributed by atoms with Crippen molar-refractivity contribution in [1.82, 2.24) is 0 Å². The van der Waals surface area contributed by atoms with Gasteiger partial charge in [-0.15, -0.1) is 0 Å². The second kappa shape index (κ2) is 5.73. The number of carbonyl (C=O) groups is 1. The summed E-state index contributed by atoms with van der Waals surface area (Å²) < 4.78 is -1.48. The Kier molecular flexibility index (Phi) is 4.93. The van der Waals surface area contributed by atoms with E-state index in [-0.39, 0.29) is 0 Å². The van der Waals surface area contributed by atoms with Gasteiger partial charge in [-0.1, -0.05) is 52.1 Å². The highest BCUT2D eigenvalue weighted by atomic mass is 35.6. The van der Waals surface area contributed by atoms with E-state index in [1.54, 1.807) is 32.1 Å². The van der Waals surface area contributed by atoms with Gasteiger partial charge in [0, 0.05) is 0 Å². The molecule has 1 rings (SSSR count). The van der Waals surface area contributed by atoms with Gasteiger partial charge in [-0.25, -0.2) is 4.79 Å². The molecule has 19 heavy (non-hydrogen) atoms. The molecule has 0 aromatic rings. The first kappa shape index (κ1) is 16.3. The van der Waals surface area contributed by atoms with Crippen LogP contribution in [-0.4, -0.2) is 26.7 Å².